The molecule has 0 atom stereocenters. The summed E-state index contributed by atoms with van der Waals surface area (Å²) in [7, 11) is 0. The Labute approximate surface area is 102 Å². The topological polar surface area (TPSA) is 12.0 Å². The monoisotopic (exact) mass is 243 g/mol. The molecule has 1 aromatic carbocycles. The molecule has 0 fully saturated rings. The van der Waals surface area contributed by atoms with E-state index in [4.69, 9.17) is 11.6 Å². The lowest BCUT2D eigenvalue weighted by molar-refractivity contribution is 0.538. The second-order valence-electron chi connectivity index (χ2n) is 4.41. The largest absolute Gasteiger partial charge is 0.316 e. The first kappa shape index (κ1) is 13.5. The number of aryl methyl sites for hydroxylation is 1. The van der Waals surface area contributed by atoms with Gasteiger partial charge in [-0.25, -0.2) is 4.39 Å². The van der Waals surface area contributed by atoms with Crippen LogP contribution >= 0.6 is 11.6 Å². The summed E-state index contributed by atoms with van der Waals surface area (Å²) in [6.45, 7) is 6.27. The summed E-state index contributed by atoms with van der Waals surface area (Å²) >= 11 is 5.70. The lowest BCUT2D eigenvalue weighted by atomic mass is 10.1. The van der Waals surface area contributed by atoms with Crippen molar-refractivity contribution in [3.8, 4) is 0 Å². The van der Waals surface area contributed by atoms with Crippen molar-refractivity contribution in [1.29, 1.82) is 0 Å². The minimum atomic E-state index is -0.270. The molecule has 16 heavy (non-hydrogen) atoms. The molecule has 0 bridgehead atoms. The van der Waals surface area contributed by atoms with Crippen LogP contribution in [0.2, 0.25) is 5.02 Å². The minimum absolute atomic E-state index is 0.215. The van der Waals surface area contributed by atoms with Gasteiger partial charge in [-0.05, 0) is 43.5 Å². The summed E-state index contributed by atoms with van der Waals surface area (Å²) in [6.07, 6.45) is 1.67. The fraction of sp³-hybridized carbons (Fsp3) is 0.538. The SMILES string of the molecule is CC(C)CNCCCc1cccc(Cl)c1F. The van der Waals surface area contributed by atoms with Crippen molar-refractivity contribution in [3.63, 3.8) is 0 Å². The van der Waals surface area contributed by atoms with Gasteiger partial charge in [-0.3, -0.25) is 0 Å². The molecule has 3 heteroatoms. The second kappa shape index (κ2) is 6.87. The summed E-state index contributed by atoms with van der Waals surface area (Å²) in [5.74, 6) is 0.385. The van der Waals surface area contributed by atoms with Gasteiger partial charge in [0.25, 0.3) is 0 Å². The fourth-order valence-electron chi connectivity index (χ4n) is 1.54. The van der Waals surface area contributed by atoms with Crippen molar-refractivity contribution < 1.29 is 4.39 Å². The molecule has 0 amide bonds. The molecule has 1 N–H and O–H groups in total. The van der Waals surface area contributed by atoms with Crippen molar-refractivity contribution in [1.82, 2.24) is 5.32 Å². The maximum Gasteiger partial charge on any atom is 0.144 e. The van der Waals surface area contributed by atoms with Crippen LogP contribution < -0.4 is 5.32 Å². The van der Waals surface area contributed by atoms with Crippen molar-refractivity contribution in [2.75, 3.05) is 13.1 Å². The molecular formula is C13H19ClFN. The van der Waals surface area contributed by atoms with Gasteiger partial charge in [0, 0.05) is 0 Å². The minimum Gasteiger partial charge on any atom is -0.316 e. The summed E-state index contributed by atoms with van der Waals surface area (Å²) < 4.78 is 13.5. The van der Waals surface area contributed by atoms with Crippen molar-refractivity contribution in [3.05, 3.63) is 34.6 Å². The Morgan fingerprint density at radius 3 is 2.81 bits per heavy atom. The number of hydrogen-bond acceptors (Lipinski definition) is 1. The third-order valence-corrected chi connectivity index (χ3v) is 2.68. The third kappa shape index (κ3) is 4.50. The molecule has 1 nitrogen and oxygen atoms in total. The molecule has 0 aliphatic rings. The molecule has 1 aromatic rings. The summed E-state index contributed by atoms with van der Waals surface area (Å²) in [5.41, 5.74) is 0.707. The Balaban J connectivity index is 2.29. The maximum atomic E-state index is 13.5. The zero-order valence-electron chi connectivity index (χ0n) is 9.89. The summed E-state index contributed by atoms with van der Waals surface area (Å²) in [5, 5.41) is 3.55. The van der Waals surface area contributed by atoms with Gasteiger partial charge >= 0.3 is 0 Å². The van der Waals surface area contributed by atoms with E-state index in [2.05, 4.69) is 19.2 Å². The van der Waals surface area contributed by atoms with Crippen LogP contribution in [0, 0.1) is 11.7 Å². The Kier molecular flexibility index (Phi) is 5.78. The first-order valence-electron chi connectivity index (χ1n) is 5.75. The molecule has 0 spiro atoms. The molecular weight excluding hydrogens is 225 g/mol. The molecule has 0 aliphatic heterocycles. The number of hydrogen-bond donors (Lipinski definition) is 1. The molecule has 0 saturated heterocycles. The predicted molar refractivity (Wildman–Crippen MR) is 67.4 cm³/mol. The van der Waals surface area contributed by atoms with Gasteiger partial charge in [0.1, 0.15) is 5.82 Å². The van der Waals surface area contributed by atoms with Crippen LogP contribution in [0.3, 0.4) is 0 Å². The average Bonchev–Trinajstić information content (AvgIpc) is 2.23. The van der Waals surface area contributed by atoms with Crippen LogP contribution in [-0.2, 0) is 6.42 Å². The van der Waals surface area contributed by atoms with Crippen LogP contribution in [0.25, 0.3) is 0 Å². The molecule has 0 aromatic heterocycles. The second-order valence-corrected chi connectivity index (χ2v) is 4.82. The van der Waals surface area contributed by atoms with Crippen molar-refractivity contribution in [2.45, 2.75) is 26.7 Å². The van der Waals surface area contributed by atoms with E-state index in [1.165, 1.54) is 0 Å². The number of rotatable bonds is 6. The first-order chi connectivity index (χ1) is 7.61. The van der Waals surface area contributed by atoms with E-state index >= 15 is 0 Å². The van der Waals surface area contributed by atoms with Gasteiger partial charge in [-0.1, -0.05) is 37.6 Å². The Morgan fingerprint density at radius 1 is 1.38 bits per heavy atom. The number of nitrogens with one attached hydrogen (secondary N) is 1. The summed E-state index contributed by atoms with van der Waals surface area (Å²) in [6, 6.07) is 5.17. The summed E-state index contributed by atoms with van der Waals surface area (Å²) in [4.78, 5) is 0. The number of benzene rings is 1. The maximum absolute atomic E-state index is 13.5. The van der Waals surface area contributed by atoms with Gasteiger partial charge < -0.3 is 5.32 Å². The molecule has 0 heterocycles. The predicted octanol–water partition coefficient (Wildman–Crippen LogP) is 3.66. The molecule has 1 rings (SSSR count). The molecule has 0 radical (unpaired) electrons. The normalized spacial score (nSPS) is 11.1. The van der Waals surface area contributed by atoms with Gasteiger partial charge in [0.15, 0.2) is 0 Å². The third-order valence-electron chi connectivity index (χ3n) is 2.38. The van der Waals surface area contributed by atoms with E-state index in [9.17, 15) is 4.39 Å². The standard InChI is InChI=1S/C13H19ClFN/c1-10(2)9-16-8-4-6-11-5-3-7-12(14)13(11)15/h3,5,7,10,16H,4,6,8-9H2,1-2H3. The van der Waals surface area contributed by atoms with E-state index < -0.39 is 0 Å². The average molecular weight is 244 g/mol. The molecule has 0 unspecified atom stereocenters. The molecule has 0 aliphatic carbocycles. The first-order valence-corrected chi connectivity index (χ1v) is 6.12. The van der Waals surface area contributed by atoms with Crippen molar-refractivity contribution in [2.24, 2.45) is 5.92 Å². The van der Waals surface area contributed by atoms with Crippen LogP contribution in [0.15, 0.2) is 18.2 Å². The van der Waals surface area contributed by atoms with Gasteiger partial charge in [0.05, 0.1) is 5.02 Å². The van der Waals surface area contributed by atoms with E-state index in [1.54, 1.807) is 18.2 Å². The zero-order chi connectivity index (χ0) is 12.0. The van der Waals surface area contributed by atoms with Crippen LogP contribution in [0.5, 0.6) is 0 Å². The lowest BCUT2D eigenvalue weighted by Gasteiger charge is -2.08. The van der Waals surface area contributed by atoms with E-state index in [0.717, 1.165) is 25.9 Å². The van der Waals surface area contributed by atoms with E-state index in [-0.39, 0.29) is 10.8 Å². The Bertz CT molecular complexity index is 326. The van der Waals surface area contributed by atoms with Crippen molar-refractivity contribution >= 4 is 11.6 Å². The molecule has 90 valence electrons. The number of halogens is 2. The zero-order valence-corrected chi connectivity index (χ0v) is 10.6. The van der Waals surface area contributed by atoms with Gasteiger partial charge in [-0.15, -0.1) is 0 Å². The quantitative estimate of drug-likeness (QED) is 0.752. The Morgan fingerprint density at radius 2 is 2.12 bits per heavy atom. The highest BCUT2D eigenvalue weighted by Crippen LogP contribution is 2.18. The smallest absolute Gasteiger partial charge is 0.144 e. The van der Waals surface area contributed by atoms with Crippen LogP contribution in [0.4, 0.5) is 4.39 Å². The van der Waals surface area contributed by atoms with Crippen LogP contribution in [0.1, 0.15) is 25.8 Å². The molecule has 0 saturated carbocycles. The highest BCUT2D eigenvalue weighted by Gasteiger charge is 2.05. The highest BCUT2D eigenvalue weighted by molar-refractivity contribution is 6.30. The fourth-order valence-corrected chi connectivity index (χ4v) is 1.73. The van der Waals surface area contributed by atoms with E-state index in [1.807, 2.05) is 0 Å². The van der Waals surface area contributed by atoms with Crippen LogP contribution in [-0.4, -0.2) is 13.1 Å². The lowest BCUT2D eigenvalue weighted by Crippen LogP contribution is -2.21. The van der Waals surface area contributed by atoms with Gasteiger partial charge in [-0.2, -0.15) is 0 Å². The van der Waals surface area contributed by atoms with Gasteiger partial charge in [0.2, 0.25) is 0 Å². The highest BCUT2D eigenvalue weighted by atomic mass is 35.5. The Hall–Kier alpha value is -0.600. The van der Waals surface area contributed by atoms with E-state index in [0.29, 0.717) is 11.5 Å².